The summed E-state index contributed by atoms with van der Waals surface area (Å²) in [4.78, 5) is 15.9. The third-order valence-electron chi connectivity index (χ3n) is 1.82. The Morgan fingerprint density at radius 1 is 1.46 bits per heavy atom. The molecular formula is C9H15N3O. The predicted octanol–water partition coefficient (Wildman–Crippen LogP) is 1.50. The molecule has 2 N–H and O–H groups in total. The van der Waals surface area contributed by atoms with E-state index in [2.05, 4.69) is 10.3 Å². The highest BCUT2D eigenvalue weighted by atomic mass is 16.2. The quantitative estimate of drug-likeness (QED) is 0.637. The van der Waals surface area contributed by atoms with Gasteiger partial charge in [0.1, 0.15) is 5.82 Å². The molecule has 0 saturated carbocycles. The van der Waals surface area contributed by atoms with Gasteiger partial charge in [0.15, 0.2) is 0 Å². The van der Waals surface area contributed by atoms with E-state index in [9.17, 15) is 4.79 Å². The van der Waals surface area contributed by atoms with E-state index in [4.69, 9.17) is 0 Å². The zero-order chi connectivity index (χ0) is 9.84. The Hall–Kier alpha value is -1.45. The Bertz CT molecular complexity index is 293. The highest BCUT2D eigenvalue weighted by molar-refractivity contribution is 6.00. The van der Waals surface area contributed by atoms with Gasteiger partial charge in [-0.3, -0.25) is 4.79 Å². The van der Waals surface area contributed by atoms with Gasteiger partial charge < -0.3 is 15.2 Å². The van der Waals surface area contributed by atoms with Crippen LogP contribution in [0.4, 0.5) is 5.82 Å². The summed E-state index contributed by atoms with van der Waals surface area (Å²) in [5.41, 5.74) is 0.721. The Morgan fingerprint density at radius 2 is 2.15 bits per heavy atom. The van der Waals surface area contributed by atoms with Crippen molar-refractivity contribution in [2.24, 2.45) is 0 Å². The van der Waals surface area contributed by atoms with E-state index in [-0.39, 0.29) is 5.91 Å². The lowest BCUT2D eigenvalue weighted by Crippen LogP contribution is -2.36. The predicted molar refractivity (Wildman–Crippen MR) is 52.7 cm³/mol. The van der Waals surface area contributed by atoms with Crippen LogP contribution >= 0.6 is 0 Å². The van der Waals surface area contributed by atoms with Crippen LogP contribution in [0.3, 0.4) is 0 Å². The maximum atomic E-state index is 11.3. The molecule has 0 spiro atoms. The zero-order valence-corrected chi connectivity index (χ0v) is 8.22. The molecule has 0 aliphatic carbocycles. The van der Waals surface area contributed by atoms with Crippen molar-refractivity contribution in [3.05, 3.63) is 17.8 Å². The fraction of sp³-hybridized carbons (Fsp3) is 0.444. The van der Waals surface area contributed by atoms with Gasteiger partial charge in [0, 0.05) is 13.2 Å². The van der Waals surface area contributed by atoms with Crippen LogP contribution in [0.5, 0.6) is 0 Å². The van der Waals surface area contributed by atoms with Gasteiger partial charge in [-0.2, -0.15) is 0 Å². The normalized spacial score (nSPS) is 14.1. The van der Waals surface area contributed by atoms with E-state index in [1.165, 1.54) is 0 Å². The number of H-pyrrole nitrogens is 1. The first kappa shape index (κ1) is 9.64. The summed E-state index contributed by atoms with van der Waals surface area (Å²) in [6.45, 7) is 4.58. The molecule has 1 aromatic heterocycles. The second-order valence-electron chi connectivity index (χ2n) is 2.60. The van der Waals surface area contributed by atoms with Gasteiger partial charge in [-0.15, -0.1) is 0 Å². The van der Waals surface area contributed by atoms with Crippen molar-refractivity contribution in [2.45, 2.75) is 13.8 Å². The molecule has 0 aromatic carbocycles. The maximum Gasteiger partial charge on any atom is 0.258 e. The largest absolute Gasteiger partial charge is 0.353 e. The monoisotopic (exact) mass is 181 g/mol. The highest BCUT2D eigenvalue weighted by Crippen LogP contribution is 2.18. The maximum absolute atomic E-state index is 11.3. The van der Waals surface area contributed by atoms with Crippen LogP contribution in [0.1, 0.15) is 24.2 Å². The number of anilines is 1. The van der Waals surface area contributed by atoms with Crippen molar-refractivity contribution >= 4 is 11.7 Å². The molecule has 0 bridgehead atoms. The fourth-order valence-corrected chi connectivity index (χ4v) is 1.17. The van der Waals surface area contributed by atoms with E-state index in [1.807, 2.05) is 13.8 Å². The van der Waals surface area contributed by atoms with Gasteiger partial charge in [-0.05, 0) is 6.07 Å². The van der Waals surface area contributed by atoms with Crippen molar-refractivity contribution in [2.75, 3.05) is 19.0 Å². The van der Waals surface area contributed by atoms with Crippen LogP contribution in [0.25, 0.3) is 0 Å². The van der Waals surface area contributed by atoms with Crippen LogP contribution in [0, 0.1) is 0 Å². The Balaban J connectivity index is 0.000000396. The number of hydrogen-bond acceptors (Lipinski definition) is 2. The van der Waals surface area contributed by atoms with Crippen LogP contribution in [0.15, 0.2) is 12.3 Å². The van der Waals surface area contributed by atoms with Gasteiger partial charge in [0.25, 0.3) is 5.91 Å². The molecule has 1 aromatic rings. The molecule has 0 saturated heterocycles. The van der Waals surface area contributed by atoms with Crippen LogP contribution < -0.4 is 5.32 Å². The highest BCUT2D eigenvalue weighted by Gasteiger charge is 2.20. The first-order valence-electron chi connectivity index (χ1n) is 4.46. The number of fused-ring (bicyclic) bond motifs is 1. The van der Waals surface area contributed by atoms with Gasteiger partial charge in [0.2, 0.25) is 0 Å². The topological polar surface area (TPSA) is 48.1 Å². The van der Waals surface area contributed by atoms with E-state index in [0.29, 0.717) is 6.67 Å². The summed E-state index contributed by atoms with van der Waals surface area (Å²) >= 11 is 0. The summed E-state index contributed by atoms with van der Waals surface area (Å²) < 4.78 is 0. The minimum Gasteiger partial charge on any atom is -0.353 e. The molecule has 1 amide bonds. The Kier molecular flexibility index (Phi) is 2.95. The summed E-state index contributed by atoms with van der Waals surface area (Å²) in [6, 6.07) is 1.78. The molecule has 0 radical (unpaired) electrons. The third kappa shape index (κ3) is 1.66. The van der Waals surface area contributed by atoms with Gasteiger partial charge in [-0.25, -0.2) is 0 Å². The average Bonchev–Trinajstić information content (AvgIpc) is 2.63. The molecule has 0 atom stereocenters. The molecule has 0 fully saturated rings. The number of aromatic nitrogens is 1. The van der Waals surface area contributed by atoms with Crippen molar-refractivity contribution in [3.63, 3.8) is 0 Å². The van der Waals surface area contributed by atoms with Gasteiger partial charge in [-0.1, -0.05) is 13.8 Å². The summed E-state index contributed by atoms with van der Waals surface area (Å²) in [7, 11) is 1.77. The summed E-state index contributed by atoms with van der Waals surface area (Å²) in [5.74, 6) is 0.896. The average molecular weight is 181 g/mol. The third-order valence-corrected chi connectivity index (χ3v) is 1.82. The number of nitrogens with zero attached hydrogens (tertiary/aromatic N) is 1. The number of rotatable bonds is 0. The number of nitrogens with one attached hydrogen (secondary N) is 2. The van der Waals surface area contributed by atoms with Crippen molar-refractivity contribution in [3.8, 4) is 0 Å². The molecule has 2 heterocycles. The molecular weight excluding hydrogens is 166 g/mol. The van der Waals surface area contributed by atoms with Gasteiger partial charge >= 0.3 is 0 Å². The smallest absolute Gasteiger partial charge is 0.258 e. The van der Waals surface area contributed by atoms with E-state index in [0.717, 1.165) is 11.4 Å². The number of carbonyl (C=O) groups excluding carboxylic acids is 1. The standard InChI is InChI=1S/C7H9N3O.C2H6/c1-10-4-9-6-5(7(10)11)2-3-8-6;1-2/h2-3,8-9H,4H2,1H3;1-2H3. The Morgan fingerprint density at radius 3 is 2.85 bits per heavy atom. The second-order valence-corrected chi connectivity index (χ2v) is 2.60. The lowest BCUT2D eigenvalue weighted by molar-refractivity contribution is 0.0797. The lowest BCUT2D eigenvalue weighted by atomic mass is 10.2. The van der Waals surface area contributed by atoms with Crippen molar-refractivity contribution in [1.82, 2.24) is 9.88 Å². The molecule has 2 rings (SSSR count). The minimum atomic E-state index is 0.0694. The molecule has 72 valence electrons. The van der Waals surface area contributed by atoms with Crippen molar-refractivity contribution < 1.29 is 4.79 Å². The molecule has 4 nitrogen and oxygen atoms in total. The van der Waals surface area contributed by atoms with Crippen molar-refractivity contribution in [1.29, 1.82) is 0 Å². The van der Waals surface area contributed by atoms with E-state index < -0.39 is 0 Å². The van der Waals surface area contributed by atoms with E-state index >= 15 is 0 Å². The SMILES string of the molecule is CC.CN1CNc2[nH]ccc2C1=O. The first-order valence-corrected chi connectivity index (χ1v) is 4.46. The molecule has 13 heavy (non-hydrogen) atoms. The second kappa shape index (κ2) is 3.98. The molecule has 1 aliphatic rings. The fourth-order valence-electron chi connectivity index (χ4n) is 1.17. The molecule has 0 unspecified atom stereocenters. The van der Waals surface area contributed by atoms with Crippen LogP contribution in [0.2, 0.25) is 0 Å². The van der Waals surface area contributed by atoms with Gasteiger partial charge in [0.05, 0.1) is 12.2 Å². The number of hydrogen-bond donors (Lipinski definition) is 2. The number of carbonyl (C=O) groups is 1. The molecule has 4 heteroatoms. The minimum absolute atomic E-state index is 0.0694. The number of aromatic amines is 1. The molecule has 1 aliphatic heterocycles. The van der Waals surface area contributed by atoms with Crippen LogP contribution in [-0.2, 0) is 0 Å². The lowest BCUT2D eigenvalue weighted by Gasteiger charge is -2.23. The first-order chi connectivity index (χ1) is 6.29. The van der Waals surface area contributed by atoms with Crippen LogP contribution in [-0.4, -0.2) is 29.5 Å². The summed E-state index contributed by atoms with van der Waals surface area (Å²) in [6.07, 6.45) is 1.76. The zero-order valence-electron chi connectivity index (χ0n) is 8.22. The summed E-state index contributed by atoms with van der Waals surface area (Å²) in [5, 5.41) is 3.07. The number of amides is 1. The Labute approximate surface area is 77.9 Å². The van der Waals surface area contributed by atoms with E-state index in [1.54, 1.807) is 24.2 Å².